The Kier molecular flexibility index (Phi) is 2.17. The average molecular weight is 297 g/mol. The predicted octanol–water partition coefficient (Wildman–Crippen LogP) is 2.38. The number of hydrogen-bond donors (Lipinski definition) is 1. The minimum absolute atomic E-state index is 0.207. The molecule has 0 fully saturated rings. The van der Waals surface area contributed by atoms with E-state index in [1.165, 1.54) is 0 Å². The fraction of sp³-hybridized carbons (Fsp3) is 0.188. The van der Waals surface area contributed by atoms with Gasteiger partial charge in [-0.3, -0.25) is 0 Å². The lowest BCUT2D eigenvalue weighted by atomic mass is 9.84. The van der Waals surface area contributed by atoms with Gasteiger partial charge in [-0.2, -0.15) is 0 Å². The van der Waals surface area contributed by atoms with E-state index in [9.17, 15) is 4.79 Å². The lowest BCUT2D eigenvalue weighted by molar-refractivity contribution is -0.136. The smallest absolute Gasteiger partial charge is 0.337 e. The van der Waals surface area contributed by atoms with E-state index < -0.39 is 0 Å². The number of benzene rings is 1. The van der Waals surface area contributed by atoms with Crippen molar-refractivity contribution in [1.82, 2.24) is 0 Å². The van der Waals surface area contributed by atoms with Crippen LogP contribution in [0.15, 0.2) is 46.2 Å². The second kappa shape index (κ2) is 4.07. The molecule has 2 aromatic rings. The largest absolute Gasteiger partial charge is 0.468 e. The van der Waals surface area contributed by atoms with E-state index in [0.717, 1.165) is 16.9 Å². The number of carbonyl (C=O) groups excluding carboxylic acids is 1. The molecule has 0 radical (unpaired) electrons. The summed E-state index contributed by atoms with van der Waals surface area (Å²) in [6.07, 6.45) is 1.60. The van der Waals surface area contributed by atoms with Gasteiger partial charge in [0, 0.05) is 11.8 Å². The van der Waals surface area contributed by atoms with Crippen LogP contribution in [0.25, 0.3) is 0 Å². The first-order valence-electron chi connectivity index (χ1n) is 6.95. The number of nitrogens with one attached hydrogen (secondary N) is 1. The van der Waals surface area contributed by atoms with Crippen molar-refractivity contribution in [2.75, 3.05) is 18.7 Å². The molecule has 110 valence electrons. The van der Waals surface area contributed by atoms with E-state index in [2.05, 4.69) is 5.32 Å². The first kappa shape index (κ1) is 11.7. The molecule has 3 aliphatic heterocycles. The molecule has 1 unspecified atom stereocenters. The van der Waals surface area contributed by atoms with Crippen LogP contribution in [0, 0.1) is 0 Å². The molecule has 1 N–H and O–H groups in total. The Hall–Kier alpha value is -2.89. The second-order valence-electron chi connectivity index (χ2n) is 5.33. The van der Waals surface area contributed by atoms with E-state index in [0.29, 0.717) is 22.8 Å². The minimum Gasteiger partial charge on any atom is -0.468 e. The molecular formula is C16H11NO5. The number of cyclic esters (lactones) is 1. The highest BCUT2D eigenvalue weighted by Gasteiger charge is 2.40. The van der Waals surface area contributed by atoms with Gasteiger partial charge in [0.15, 0.2) is 11.5 Å². The number of carbonyl (C=O) groups is 1. The van der Waals surface area contributed by atoms with Crippen molar-refractivity contribution >= 4 is 11.7 Å². The molecule has 0 bridgehead atoms. The maximum absolute atomic E-state index is 12.1. The first-order valence-corrected chi connectivity index (χ1v) is 6.95. The van der Waals surface area contributed by atoms with Crippen molar-refractivity contribution in [3.63, 3.8) is 0 Å². The van der Waals surface area contributed by atoms with E-state index in [-0.39, 0.29) is 25.3 Å². The van der Waals surface area contributed by atoms with Gasteiger partial charge in [0.2, 0.25) is 6.79 Å². The Bertz CT molecular complexity index is 821. The van der Waals surface area contributed by atoms with Crippen LogP contribution in [-0.2, 0) is 9.53 Å². The highest BCUT2D eigenvalue weighted by Crippen LogP contribution is 2.48. The third-order valence-corrected chi connectivity index (χ3v) is 4.15. The van der Waals surface area contributed by atoms with E-state index in [4.69, 9.17) is 18.6 Å². The van der Waals surface area contributed by atoms with Gasteiger partial charge in [0.25, 0.3) is 0 Å². The zero-order valence-corrected chi connectivity index (χ0v) is 11.4. The molecule has 0 spiro atoms. The van der Waals surface area contributed by atoms with Crippen molar-refractivity contribution in [1.29, 1.82) is 0 Å². The zero-order chi connectivity index (χ0) is 14.7. The van der Waals surface area contributed by atoms with Crippen LogP contribution in [0.2, 0.25) is 0 Å². The van der Waals surface area contributed by atoms with Crippen molar-refractivity contribution in [3.05, 3.63) is 53.1 Å². The summed E-state index contributed by atoms with van der Waals surface area (Å²) in [5, 5.41) is 3.27. The maximum Gasteiger partial charge on any atom is 0.337 e. The van der Waals surface area contributed by atoms with E-state index in [1.807, 2.05) is 24.3 Å². The standard InChI is InChI=1S/C16H11NO5/c18-16-15-10(6-20-16)17-9-5-13-12(21-7-22-13)4-8(9)14(15)11-2-1-3-19-11/h1-5,14,17H,6-7H2. The number of ether oxygens (including phenoxy) is 3. The van der Waals surface area contributed by atoms with Crippen LogP contribution in [-0.4, -0.2) is 19.4 Å². The molecule has 3 aliphatic rings. The molecule has 4 heterocycles. The van der Waals surface area contributed by atoms with Crippen molar-refractivity contribution in [2.24, 2.45) is 0 Å². The molecule has 0 saturated carbocycles. The highest BCUT2D eigenvalue weighted by atomic mass is 16.7. The summed E-state index contributed by atoms with van der Waals surface area (Å²) in [5.41, 5.74) is 3.17. The summed E-state index contributed by atoms with van der Waals surface area (Å²) < 4.78 is 21.6. The van der Waals surface area contributed by atoms with Crippen LogP contribution in [0.3, 0.4) is 0 Å². The summed E-state index contributed by atoms with van der Waals surface area (Å²) in [6, 6.07) is 7.46. The average Bonchev–Trinajstić information content (AvgIpc) is 3.24. The van der Waals surface area contributed by atoms with Crippen LogP contribution >= 0.6 is 0 Å². The van der Waals surface area contributed by atoms with Crippen LogP contribution in [0.1, 0.15) is 17.2 Å². The van der Waals surface area contributed by atoms with Crippen molar-refractivity contribution in [2.45, 2.75) is 5.92 Å². The summed E-state index contributed by atoms with van der Waals surface area (Å²) in [4.78, 5) is 12.1. The normalized spacial score (nSPS) is 21.3. The quantitative estimate of drug-likeness (QED) is 0.815. The van der Waals surface area contributed by atoms with Gasteiger partial charge in [-0.25, -0.2) is 4.79 Å². The number of furan rings is 1. The third kappa shape index (κ3) is 1.46. The number of hydrogen-bond acceptors (Lipinski definition) is 6. The summed E-state index contributed by atoms with van der Waals surface area (Å²) >= 11 is 0. The first-order chi connectivity index (χ1) is 10.8. The maximum atomic E-state index is 12.1. The number of esters is 1. The fourth-order valence-corrected chi connectivity index (χ4v) is 3.19. The molecule has 0 saturated heterocycles. The highest BCUT2D eigenvalue weighted by molar-refractivity contribution is 5.97. The molecule has 1 aromatic heterocycles. The zero-order valence-electron chi connectivity index (χ0n) is 11.4. The third-order valence-electron chi connectivity index (χ3n) is 4.15. The fourth-order valence-electron chi connectivity index (χ4n) is 3.19. The van der Waals surface area contributed by atoms with Gasteiger partial charge in [-0.1, -0.05) is 0 Å². The molecule has 1 atom stereocenters. The van der Waals surface area contributed by atoms with Gasteiger partial charge in [0.05, 0.1) is 23.5 Å². The molecule has 6 heteroatoms. The molecule has 0 aliphatic carbocycles. The summed E-state index contributed by atoms with van der Waals surface area (Å²) in [7, 11) is 0. The van der Waals surface area contributed by atoms with Crippen LogP contribution in [0.4, 0.5) is 5.69 Å². The molecule has 1 aromatic carbocycles. The molecule has 6 nitrogen and oxygen atoms in total. The van der Waals surface area contributed by atoms with Gasteiger partial charge in [0.1, 0.15) is 12.4 Å². The Labute approximate surface area is 125 Å². The van der Waals surface area contributed by atoms with E-state index in [1.54, 1.807) is 6.26 Å². The van der Waals surface area contributed by atoms with Crippen LogP contribution in [0.5, 0.6) is 11.5 Å². The second-order valence-corrected chi connectivity index (χ2v) is 5.33. The number of fused-ring (bicyclic) bond motifs is 2. The summed E-state index contributed by atoms with van der Waals surface area (Å²) in [5.74, 6) is 1.46. The Morgan fingerprint density at radius 2 is 2.00 bits per heavy atom. The molecule has 5 rings (SSSR count). The van der Waals surface area contributed by atoms with Gasteiger partial charge in [-0.05, 0) is 23.8 Å². The predicted molar refractivity (Wildman–Crippen MR) is 74.7 cm³/mol. The Morgan fingerprint density at radius 1 is 1.14 bits per heavy atom. The number of anilines is 1. The van der Waals surface area contributed by atoms with Crippen molar-refractivity contribution in [3.8, 4) is 11.5 Å². The lowest BCUT2D eigenvalue weighted by Crippen LogP contribution is -2.19. The van der Waals surface area contributed by atoms with Gasteiger partial charge in [-0.15, -0.1) is 0 Å². The van der Waals surface area contributed by atoms with Gasteiger partial charge >= 0.3 is 5.97 Å². The monoisotopic (exact) mass is 297 g/mol. The molecular weight excluding hydrogens is 286 g/mol. The van der Waals surface area contributed by atoms with Gasteiger partial charge < -0.3 is 23.9 Å². The SMILES string of the molecule is O=C1OCC2=C1C(c1ccco1)c1cc3c(cc1N2)OCO3. The molecule has 0 amide bonds. The van der Waals surface area contributed by atoms with Crippen molar-refractivity contribution < 1.29 is 23.4 Å². The van der Waals surface area contributed by atoms with E-state index >= 15 is 0 Å². The lowest BCUT2D eigenvalue weighted by Gasteiger charge is -2.25. The van der Waals surface area contributed by atoms with Crippen LogP contribution < -0.4 is 14.8 Å². The minimum atomic E-state index is -0.313. The Morgan fingerprint density at radius 3 is 2.82 bits per heavy atom. The Balaban J connectivity index is 1.75. The number of rotatable bonds is 1. The molecule has 22 heavy (non-hydrogen) atoms. The summed E-state index contributed by atoms with van der Waals surface area (Å²) in [6.45, 7) is 0.456. The topological polar surface area (TPSA) is 69.9 Å².